The maximum Gasteiger partial charge on any atom is 2.00 e. The van der Waals surface area contributed by atoms with E-state index in [1.165, 1.54) is 0 Å². The molecule has 0 spiro atoms. The van der Waals surface area contributed by atoms with E-state index in [-0.39, 0.29) is 49.4 Å². The zero-order valence-electron chi connectivity index (χ0n) is 2.10. The molecule has 0 atom stereocenters. The van der Waals surface area contributed by atoms with E-state index in [2.05, 4.69) is 0 Å². The molecule has 0 aromatic carbocycles. The maximum absolute atomic E-state index is 8.52. The van der Waals surface area contributed by atoms with Crippen molar-refractivity contribution in [1.82, 2.24) is 0 Å². The van der Waals surface area contributed by atoms with Crippen LogP contribution in [-0.4, -0.2) is 9.17 Å². The van der Waals surface area contributed by atoms with Gasteiger partial charge in [-0.1, -0.05) is 0 Å². The fraction of sp³-hybridized carbons (Fsp3) is 0. The van der Waals surface area contributed by atoms with E-state index in [0.717, 1.165) is 0 Å². The average molecular weight is 228 g/mol. The first-order valence-electron chi connectivity index (χ1n) is 0.612. The van der Waals surface area contributed by atoms with Gasteiger partial charge in [-0.15, -0.1) is 0 Å². The van der Waals surface area contributed by atoms with Crippen molar-refractivity contribution in [2.75, 3.05) is 0 Å². The fourth-order valence-electron chi connectivity index (χ4n) is 0. The van der Waals surface area contributed by atoms with Crippen LogP contribution in [0.1, 0.15) is 0 Å². The third-order valence-electron chi connectivity index (χ3n) is 0. The van der Waals surface area contributed by atoms with E-state index >= 15 is 0 Å². The molecule has 0 aliphatic rings. The predicted molar refractivity (Wildman–Crippen MR) is 6.44 cm³/mol. The summed E-state index contributed by atoms with van der Waals surface area (Å²) in [6, 6.07) is 0. The molecule has 0 N–H and O–H groups in total. The smallest absolute Gasteiger partial charge is 0.672 e. The SMILES string of the molecule is O=[Si]([O-])[O-].[Eu+2]. The number of rotatable bonds is 0. The predicted octanol–water partition coefficient (Wildman–Crippen LogP) is -2.88. The summed E-state index contributed by atoms with van der Waals surface area (Å²) in [5.74, 6) is 0. The zero-order valence-corrected chi connectivity index (χ0v) is 5.53. The van der Waals surface area contributed by atoms with Crippen LogP contribution < -0.4 is 9.59 Å². The summed E-state index contributed by atoms with van der Waals surface area (Å²) in [6.45, 7) is 0. The van der Waals surface area contributed by atoms with Crippen LogP contribution in [0.25, 0.3) is 0 Å². The molecular weight excluding hydrogens is 228 g/mol. The van der Waals surface area contributed by atoms with Gasteiger partial charge in [0.05, 0.1) is 0 Å². The van der Waals surface area contributed by atoms with Crippen molar-refractivity contribution in [1.29, 1.82) is 0 Å². The summed E-state index contributed by atoms with van der Waals surface area (Å²) < 4.78 is 8.52. The second kappa shape index (κ2) is 5.20. The summed E-state index contributed by atoms with van der Waals surface area (Å²) in [5, 5.41) is 0. The molecule has 29 valence electrons. The third-order valence-corrected chi connectivity index (χ3v) is 0. The quantitative estimate of drug-likeness (QED) is 0.418. The minimum Gasteiger partial charge on any atom is -0.672 e. The van der Waals surface area contributed by atoms with Gasteiger partial charge in [-0.3, -0.25) is 0 Å². The van der Waals surface area contributed by atoms with Crippen molar-refractivity contribution < 1.29 is 63.4 Å². The van der Waals surface area contributed by atoms with Crippen LogP contribution in [0.2, 0.25) is 0 Å². The molecule has 0 amide bonds. The Labute approximate surface area is 71.5 Å². The minimum atomic E-state index is -3.63. The molecule has 5 heavy (non-hydrogen) atoms. The first kappa shape index (κ1) is 9.50. The van der Waals surface area contributed by atoms with E-state index < -0.39 is 9.17 Å². The summed E-state index contributed by atoms with van der Waals surface area (Å²) in [6.07, 6.45) is 0. The van der Waals surface area contributed by atoms with Crippen LogP contribution in [0, 0.1) is 49.4 Å². The summed E-state index contributed by atoms with van der Waals surface area (Å²) >= 11 is 0. The molecular formula is EuO3Si. The average Bonchev–Trinajstić information content (AvgIpc) is 0.811. The Bertz CT molecular complexity index is 29.9. The number of hydrogen-bond donors (Lipinski definition) is 0. The molecule has 0 saturated heterocycles. The second-order valence-electron chi connectivity index (χ2n) is 0.250. The normalized spacial score (nSPS) is 4.80. The Morgan fingerprint density at radius 2 is 1.40 bits per heavy atom. The van der Waals surface area contributed by atoms with Gasteiger partial charge in [0.15, 0.2) is 0 Å². The van der Waals surface area contributed by atoms with Crippen LogP contribution in [0.5, 0.6) is 0 Å². The van der Waals surface area contributed by atoms with E-state index in [0.29, 0.717) is 0 Å². The molecule has 1 radical (unpaired) electrons. The van der Waals surface area contributed by atoms with Gasteiger partial charge in [-0.05, 0) is 0 Å². The standard InChI is InChI=1S/Eu.O3Si/c;1-4(2)3/q+2;-2. The van der Waals surface area contributed by atoms with Gasteiger partial charge in [0.2, 0.25) is 0 Å². The number of hydrogen-bond acceptors (Lipinski definition) is 3. The molecule has 0 heterocycles. The molecule has 0 bridgehead atoms. The first-order valence-corrected chi connectivity index (χ1v) is 1.84. The molecule has 0 fully saturated rings. The Balaban J connectivity index is 0. The van der Waals surface area contributed by atoms with Crippen LogP contribution in [0.15, 0.2) is 0 Å². The summed E-state index contributed by atoms with van der Waals surface area (Å²) in [5.41, 5.74) is 0. The van der Waals surface area contributed by atoms with Gasteiger partial charge in [0.25, 0.3) is 0 Å². The van der Waals surface area contributed by atoms with Gasteiger partial charge < -0.3 is 14.1 Å². The Hall–Kier alpha value is 1.20. The zero-order chi connectivity index (χ0) is 3.58. The van der Waals surface area contributed by atoms with Crippen LogP contribution in [0.4, 0.5) is 0 Å². The second-order valence-corrected chi connectivity index (χ2v) is 0.750. The molecule has 3 nitrogen and oxygen atoms in total. The molecule has 0 saturated carbocycles. The van der Waals surface area contributed by atoms with E-state index in [1.807, 2.05) is 0 Å². The van der Waals surface area contributed by atoms with Crippen molar-refractivity contribution in [2.24, 2.45) is 0 Å². The van der Waals surface area contributed by atoms with Gasteiger partial charge in [-0.2, -0.15) is 0 Å². The minimum absolute atomic E-state index is 0. The van der Waals surface area contributed by atoms with Gasteiger partial charge in [0.1, 0.15) is 0 Å². The Morgan fingerprint density at radius 1 is 1.40 bits per heavy atom. The maximum atomic E-state index is 8.52. The van der Waals surface area contributed by atoms with Gasteiger partial charge >= 0.3 is 49.4 Å². The molecule has 0 unspecified atom stereocenters. The van der Waals surface area contributed by atoms with Gasteiger partial charge in [-0.25, -0.2) is 0 Å². The van der Waals surface area contributed by atoms with Crippen molar-refractivity contribution in [3.05, 3.63) is 0 Å². The van der Waals surface area contributed by atoms with E-state index in [1.54, 1.807) is 0 Å². The third kappa shape index (κ3) is 36.9. The van der Waals surface area contributed by atoms with E-state index in [4.69, 9.17) is 14.1 Å². The fourth-order valence-corrected chi connectivity index (χ4v) is 0. The Morgan fingerprint density at radius 3 is 1.40 bits per heavy atom. The van der Waals surface area contributed by atoms with Crippen molar-refractivity contribution in [3.8, 4) is 0 Å². The van der Waals surface area contributed by atoms with Crippen LogP contribution in [-0.2, 0) is 4.46 Å². The molecule has 0 rings (SSSR count). The largest absolute Gasteiger partial charge is 2.00 e. The van der Waals surface area contributed by atoms with Crippen molar-refractivity contribution in [2.45, 2.75) is 0 Å². The van der Waals surface area contributed by atoms with Crippen LogP contribution >= 0.6 is 0 Å². The summed E-state index contributed by atoms with van der Waals surface area (Å²) in [4.78, 5) is 17.0. The molecule has 0 aromatic rings. The molecule has 0 aliphatic carbocycles. The van der Waals surface area contributed by atoms with Crippen molar-refractivity contribution >= 4 is 9.17 Å². The monoisotopic (exact) mass is 229 g/mol. The Kier molecular flexibility index (Phi) is 9.89. The van der Waals surface area contributed by atoms with Gasteiger partial charge in [0, 0.05) is 9.17 Å². The molecule has 0 aliphatic heterocycles. The molecule has 5 heteroatoms. The van der Waals surface area contributed by atoms with E-state index in [9.17, 15) is 0 Å². The van der Waals surface area contributed by atoms with Crippen molar-refractivity contribution in [3.63, 3.8) is 0 Å². The first-order chi connectivity index (χ1) is 1.73. The topological polar surface area (TPSA) is 63.2 Å². The summed E-state index contributed by atoms with van der Waals surface area (Å²) in [7, 11) is -3.63. The van der Waals surface area contributed by atoms with Crippen LogP contribution in [0.3, 0.4) is 0 Å². The molecule has 0 aromatic heterocycles.